The largest absolute Gasteiger partial charge is 0.365 e. The van der Waals surface area contributed by atoms with Crippen molar-refractivity contribution < 1.29 is 4.79 Å². The molecule has 2 aromatic rings. The highest BCUT2D eigenvalue weighted by atomic mass is 16.1. The zero-order valence-corrected chi connectivity index (χ0v) is 9.55. The predicted octanol–water partition coefficient (Wildman–Crippen LogP) is 2.29. The van der Waals surface area contributed by atoms with Gasteiger partial charge < -0.3 is 5.32 Å². The maximum atomic E-state index is 11.4. The van der Waals surface area contributed by atoms with Gasteiger partial charge in [0.05, 0.1) is 5.56 Å². The Kier molecular flexibility index (Phi) is 3.45. The third-order valence-electron chi connectivity index (χ3n) is 2.40. The topological polar surface area (TPSA) is 54.9 Å². The molecule has 86 valence electrons. The summed E-state index contributed by atoms with van der Waals surface area (Å²) in [7, 11) is 0. The standard InChI is InChI=1S/C13H13N3O/c1-10(17)12-3-2-6-15-13(12)16-9-11-4-7-14-8-5-11/h2-8H,9H2,1H3,(H,15,16). The first-order valence-electron chi connectivity index (χ1n) is 5.36. The number of ketones is 1. The molecule has 0 aliphatic rings. The fourth-order valence-electron chi connectivity index (χ4n) is 1.52. The van der Waals surface area contributed by atoms with Crippen molar-refractivity contribution in [3.8, 4) is 0 Å². The van der Waals surface area contributed by atoms with Crippen molar-refractivity contribution >= 4 is 11.6 Å². The van der Waals surface area contributed by atoms with Gasteiger partial charge in [0.2, 0.25) is 0 Å². The highest BCUT2D eigenvalue weighted by Gasteiger charge is 2.06. The predicted molar refractivity (Wildman–Crippen MR) is 65.8 cm³/mol. The van der Waals surface area contributed by atoms with Crippen molar-refractivity contribution in [1.29, 1.82) is 0 Å². The van der Waals surface area contributed by atoms with Gasteiger partial charge in [0.25, 0.3) is 0 Å². The van der Waals surface area contributed by atoms with E-state index in [0.717, 1.165) is 5.56 Å². The van der Waals surface area contributed by atoms with Gasteiger partial charge in [0.15, 0.2) is 5.78 Å². The number of rotatable bonds is 4. The van der Waals surface area contributed by atoms with Crippen molar-refractivity contribution in [2.75, 3.05) is 5.32 Å². The van der Waals surface area contributed by atoms with Gasteiger partial charge >= 0.3 is 0 Å². The lowest BCUT2D eigenvalue weighted by Crippen LogP contribution is -2.06. The molecule has 0 aliphatic heterocycles. The SMILES string of the molecule is CC(=O)c1cccnc1NCc1ccncc1. The lowest BCUT2D eigenvalue weighted by Gasteiger charge is -2.08. The Morgan fingerprint density at radius 1 is 1.24 bits per heavy atom. The summed E-state index contributed by atoms with van der Waals surface area (Å²) in [6.07, 6.45) is 5.14. The van der Waals surface area contributed by atoms with Gasteiger partial charge in [-0.2, -0.15) is 0 Å². The molecule has 0 fully saturated rings. The van der Waals surface area contributed by atoms with E-state index in [1.807, 2.05) is 12.1 Å². The van der Waals surface area contributed by atoms with Gasteiger partial charge in [-0.1, -0.05) is 0 Å². The summed E-state index contributed by atoms with van der Waals surface area (Å²) >= 11 is 0. The van der Waals surface area contributed by atoms with Crippen LogP contribution in [0.15, 0.2) is 42.9 Å². The van der Waals surface area contributed by atoms with E-state index >= 15 is 0 Å². The monoisotopic (exact) mass is 227 g/mol. The van der Waals surface area contributed by atoms with Gasteiger partial charge in [-0.15, -0.1) is 0 Å². The maximum absolute atomic E-state index is 11.4. The van der Waals surface area contributed by atoms with E-state index < -0.39 is 0 Å². The molecule has 0 unspecified atom stereocenters. The van der Waals surface area contributed by atoms with Crippen molar-refractivity contribution in [3.05, 3.63) is 54.0 Å². The van der Waals surface area contributed by atoms with Crippen LogP contribution in [0.5, 0.6) is 0 Å². The molecule has 4 nitrogen and oxygen atoms in total. The zero-order chi connectivity index (χ0) is 12.1. The number of anilines is 1. The summed E-state index contributed by atoms with van der Waals surface area (Å²) in [5.41, 5.74) is 1.71. The van der Waals surface area contributed by atoms with Crippen molar-refractivity contribution in [2.45, 2.75) is 13.5 Å². The molecule has 1 N–H and O–H groups in total. The molecule has 0 atom stereocenters. The van der Waals surface area contributed by atoms with Crippen LogP contribution in [0, 0.1) is 0 Å². The van der Waals surface area contributed by atoms with Crippen LogP contribution in [0.2, 0.25) is 0 Å². The number of aromatic nitrogens is 2. The highest BCUT2D eigenvalue weighted by Crippen LogP contribution is 2.13. The first-order valence-corrected chi connectivity index (χ1v) is 5.36. The second kappa shape index (κ2) is 5.21. The van der Waals surface area contributed by atoms with E-state index in [4.69, 9.17) is 0 Å². The average Bonchev–Trinajstić information content (AvgIpc) is 2.38. The van der Waals surface area contributed by atoms with Gasteiger partial charge in [0, 0.05) is 25.1 Å². The van der Waals surface area contributed by atoms with Gasteiger partial charge in [-0.3, -0.25) is 9.78 Å². The van der Waals surface area contributed by atoms with E-state index in [-0.39, 0.29) is 5.78 Å². The van der Waals surface area contributed by atoms with Gasteiger partial charge in [-0.05, 0) is 36.8 Å². The lowest BCUT2D eigenvalue weighted by molar-refractivity contribution is 0.101. The third kappa shape index (κ3) is 2.87. The number of hydrogen-bond acceptors (Lipinski definition) is 4. The molecule has 0 aromatic carbocycles. The minimum absolute atomic E-state index is 0.00956. The molecular formula is C13H13N3O. The normalized spacial score (nSPS) is 9.94. The van der Waals surface area contributed by atoms with Crippen LogP contribution in [0.4, 0.5) is 5.82 Å². The Morgan fingerprint density at radius 2 is 2.00 bits per heavy atom. The molecule has 0 saturated carbocycles. The smallest absolute Gasteiger partial charge is 0.163 e. The molecule has 0 spiro atoms. The van der Waals surface area contributed by atoms with E-state index in [0.29, 0.717) is 17.9 Å². The van der Waals surface area contributed by atoms with Crippen molar-refractivity contribution in [1.82, 2.24) is 9.97 Å². The molecule has 0 saturated heterocycles. The van der Waals surface area contributed by atoms with Crippen LogP contribution in [-0.4, -0.2) is 15.8 Å². The van der Waals surface area contributed by atoms with Crippen LogP contribution in [0.1, 0.15) is 22.8 Å². The fraction of sp³-hybridized carbons (Fsp3) is 0.154. The Bertz CT molecular complexity index is 511. The van der Waals surface area contributed by atoms with E-state index in [2.05, 4.69) is 15.3 Å². The van der Waals surface area contributed by atoms with Crippen LogP contribution >= 0.6 is 0 Å². The highest BCUT2D eigenvalue weighted by molar-refractivity contribution is 5.98. The van der Waals surface area contributed by atoms with Gasteiger partial charge in [0.1, 0.15) is 5.82 Å². The molecule has 17 heavy (non-hydrogen) atoms. The number of Topliss-reactive ketones (excluding diaryl/α,β-unsaturated/α-hetero) is 1. The number of nitrogens with one attached hydrogen (secondary N) is 1. The molecule has 4 heteroatoms. The number of pyridine rings is 2. The molecule has 2 aromatic heterocycles. The van der Waals surface area contributed by atoms with Crippen molar-refractivity contribution in [2.24, 2.45) is 0 Å². The van der Waals surface area contributed by atoms with E-state index in [1.54, 1.807) is 30.7 Å². The summed E-state index contributed by atoms with van der Waals surface area (Å²) in [6.45, 7) is 2.16. The maximum Gasteiger partial charge on any atom is 0.163 e. The van der Waals surface area contributed by atoms with Crippen molar-refractivity contribution in [3.63, 3.8) is 0 Å². The Hall–Kier alpha value is -2.23. The molecular weight excluding hydrogens is 214 g/mol. The molecule has 0 amide bonds. The summed E-state index contributed by atoms with van der Waals surface area (Å²) in [4.78, 5) is 19.5. The first kappa shape index (κ1) is 11.3. The van der Waals surface area contributed by atoms with Crippen LogP contribution < -0.4 is 5.32 Å². The number of nitrogens with zero attached hydrogens (tertiary/aromatic N) is 2. The second-order valence-electron chi connectivity index (χ2n) is 3.66. The minimum Gasteiger partial charge on any atom is -0.365 e. The number of carbonyl (C=O) groups is 1. The third-order valence-corrected chi connectivity index (χ3v) is 2.40. The molecule has 2 heterocycles. The number of carbonyl (C=O) groups excluding carboxylic acids is 1. The molecule has 2 rings (SSSR count). The summed E-state index contributed by atoms with van der Waals surface area (Å²) in [6, 6.07) is 7.37. The number of hydrogen-bond donors (Lipinski definition) is 1. The molecule has 0 aliphatic carbocycles. The fourth-order valence-corrected chi connectivity index (χ4v) is 1.52. The Balaban J connectivity index is 2.12. The summed E-state index contributed by atoms with van der Waals surface area (Å²) in [5.74, 6) is 0.632. The first-order chi connectivity index (χ1) is 8.27. The summed E-state index contributed by atoms with van der Waals surface area (Å²) < 4.78 is 0. The Morgan fingerprint density at radius 3 is 2.71 bits per heavy atom. The van der Waals surface area contributed by atoms with Gasteiger partial charge in [-0.25, -0.2) is 4.98 Å². The average molecular weight is 227 g/mol. The van der Waals surface area contributed by atoms with Crippen LogP contribution in [-0.2, 0) is 6.54 Å². The quantitative estimate of drug-likeness (QED) is 0.814. The zero-order valence-electron chi connectivity index (χ0n) is 9.55. The summed E-state index contributed by atoms with van der Waals surface area (Å²) in [5, 5.41) is 3.15. The van der Waals surface area contributed by atoms with Crippen LogP contribution in [0.25, 0.3) is 0 Å². The van der Waals surface area contributed by atoms with Crippen LogP contribution in [0.3, 0.4) is 0 Å². The van der Waals surface area contributed by atoms with E-state index in [9.17, 15) is 4.79 Å². The van der Waals surface area contributed by atoms with E-state index in [1.165, 1.54) is 6.92 Å². The molecule has 0 radical (unpaired) electrons. The lowest BCUT2D eigenvalue weighted by atomic mass is 10.2. The Labute approximate surface area is 99.7 Å². The minimum atomic E-state index is 0.00956. The molecule has 0 bridgehead atoms. The second-order valence-corrected chi connectivity index (χ2v) is 3.66.